The Hall–Kier alpha value is -4.60. The second-order valence-electron chi connectivity index (χ2n) is 9.58. The number of benzene rings is 3. The molecule has 6 rings (SSSR count). The molecule has 9 nitrogen and oxygen atoms in total. The highest BCUT2D eigenvalue weighted by Crippen LogP contribution is 2.29. The number of hydrogen-bond donors (Lipinski definition) is 2. The fourth-order valence-corrected chi connectivity index (χ4v) is 5.35. The van der Waals surface area contributed by atoms with Crippen LogP contribution in [0.2, 0.25) is 10.0 Å². The molecule has 2 amide bonds. The Bertz CT molecular complexity index is 1870. The van der Waals surface area contributed by atoms with Crippen LogP contribution in [0.15, 0.2) is 83.8 Å². The molecule has 0 radical (unpaired) electrons. The number of halogens is 2. The molecular weight excluding hydrogens is 563 g/mol. The van der Waals surface area contributed by atoms with E-state index in [0.29, 0.717) is 62.4 Å². The number of nitrogens with one attached hydrogen (secondary N) is 2. The summed E-state index contributed by atoms with van der Waals surface area (Å²) in [6.07, 6.45) is 2.01. The Balaban J connectivity index is 1.48. The van der Waals surface area contributed by atoms with Gasteiger partial charge in [0, 0.05) is 36.0 Å². The number of carbonyl (C=O) groups excluding carboxylic acids is 2. The van der Waals surface area contributed by atoms with Gasteiger partial charge >= 0.3 is 0 Å². The van der Waals surface area contributed by atoms with Gasteiger partial charge in [0.15, 0.2) is 5.65 Å². The lowest BCUT2D eigenvalue weighted by Gasteiger charge is -2.29. The molecule has 0 bridgehead atoms. The van der Waals surface area contributed by atoms with Crippen LogP contribution in [-0.2, 0) is 13.0 Å². The Morgan fingerprint density at radius 3 is 2.37 bits per heavy atom. The second-order valence-corrected chi connectivity index (χ2v) is 10.4. The number of carbonyl (C=O) groups is 2. The van der Waals surface area contributed by atoms with Crippen LogP contribution < -0.4 is 16.2 Å². The molecule has 0 saturated heterocycles. The number of nitrogens with zero attached hydrogens (tertiary/aromatic N) is 4. The summed E-state index contributed by atoms with van der Waals surface area (Å²) in [6.45, 7) is 0.530. The summed E-state index contributed by atoms with van der Waals surface area (Å²) in [5.41, 5.74) is 4.41. The predicted molar refractivity (Wildman–Crippen MR) is 159 cm³/mol. The topological polar surface area (TPSA) is 101 Å². The fraction of sp³-hybridized carbons (Fsp3) is 0.133. The monoisotopic (exact) mass is 586 g/mol. The molecule has 11 heteroatoms. The van der Waals surface area contributed by atoms with Crippen molar-refractivity contribution in [3.8, 4) is 5.69 Å². The first-order valence-electron chi connectivity index (χ1n) is 12.9. The van der Waals surface area contributed by atoms with E-state index in [1.54, 1.807) is 69.7 Å². The Morgan fingerprint density at radius 2 is 1.66 bits per heavy atom. The van der Waals surface area contributed by atoms with Crippen molar-refractivity contribution in [3.05, 3.63) is 122 Å². The average Bonchev–Trinajstić information content (AvgIpc) is 3.41. The van der Waals surface area contributed by atoms with E-state index < -0.39 is 0 Å². The van der Waals surface area contributed by atoms with Crippen LogP contribution in [0.5, 0.6) is 0 Å². The van der Waals surface area contributed by atoms with E-state index in [2.05, 4.69) is 15.7 Å². The summed E-state index contributed by atoms with van der Waals surface area (Å²) in [5.74, 6) is -0.437. The van der Waals surface area contributed by atoms with Crippen molar-refractivity contribution < 1.29 is 9.59 Å². The number of fused-ring (bicyclic) bond motifs is 3. The van der Waals surface area contributed by atoms with Crippen LogP contribution in [-0.4, -0.2) is 44.5 Å². The molecule has 41 heavy (non-hydrogen) atoms. The Kier molecular flexibility index (Phi) is 6.98. The highest BCUT2D eigenvalue weighted by molar-refractivity contribution is 6.42. The summed E-state index contributed by atoms with van der Waals surface area (Å²) in [7, 11) is 1.57. The van der Waals surface area contributed by atoms with Gasteiger partial charge in [-0.1, -0.05) is 41.4 Å². The van der Waals surface area contributed by atoms with Gasteiger partial charge in [-0.25, -0.2) is 4.52 Å². The zero-order valence-corrected chi connectivity index (χ0v) is 23.4. The lowest BCUT2D eigenvalue weighted by molar-refractivity contribution is 0.0729. The minimum absolute atomic E-state index is 0.184. The summed E-state index contributed by atoms with van der Waals surface area (Å²) >= 11 is 12.2. The number of anilines is 2. The van der Waals surface area contributed by atoms with Crippen molar-refractivity contribution >= 4 is 52.0 Å². The van der Waals surface area contributed by atoms with Crippen molar-refractivity contribution in [1.82, 2.24) is 24.4 Å². The molecule has 206 valence electrons. The van der Waals surface area contributed by atoms with Crippen LogP contribution in [0.25, 0.3) is 11.3 Å². The van der Waals surface area contributed by atoms with Gasteiger partial charge in [-0.15, -0.1) is 0 Å². The number of para-hydroxylation sites is 1. The SMILES string of the molecule is CNC(=O)c1ccc(-n2c(=O)c3c(n4ncc(Nc5ccccc5)c24)CN(C(=O)c2ccc(Cl)c(Cl)c2)CC3)cc1. The number of rotatable bonds is 5. The van der Waals surface area contributed by atoms with Gasteiger partial charge in [0.05, 0.1) is 34.2 Å². The lowest BCUT2D eigenvalue weighted by atomic mass is 10.0. The predicted octanol–water partition coefficient (Wildman–Crippen LogP) is 5.09. The highest BCUT2D eigenvalue weighted by atomic mass is 35.5. The first-order chi connectivity index (χ1) is 19.9. The van der Waals surface area contributed by atoms with E-state index in [9.17, 15) is 14.4 Å². The molecule has 1 aliphatic heterocycles. The van der Waals surface area contributed by atoms with E-state index in [0.717, 1.165) is 5.69 Å². The first kappa shape index (κ1) is 26.6. The molecular formula is C30H24Cl2N6O3. The normalized spacial score (nSPS) is 12.7. The van der Waals surface area contributed by atoms with Crippen LogP contribution in [0.1, 0.15) is 32.0 Å². The van der Waals surface area contributed by atoms with Crippen molar-refractivity contribution in [2.24, 2.45) is 0 Å². The van der Waals surface area contributed by atoms with E-state index in [-0.39, 0.29) is 23.9 Å². The molecule has 0 saturated carbocycles. The third kappa shape index (κ3) is 4.83. The quantitative estimate of drug-likeness (QED) is 0.298. The van der Waals surface area contributed by atoms with Gasteiger partial charge in [-0.3, -0.25) is 19.0 Å². The van der Waals surface area contributed by atoms with Gasteiger partial charge in [0.2, 0.25) is 0 Å². The van der Waals surface area contributed by atoms with Crippen molar-refractivity contribution in [2.75, 3.05) is 18.9 Å². The number of hydrogen-bond acceptors (Lipinski definition) is 5. The minimum atomic E-state index is -0.220. The molecule has 3 heterocycles. The van der Waals surface area contributed by atoms with Crippen LogP contribution in [0.3, 0.4) is 0 Å². The van der Waals surface area contributed by atoms with Crippen LogP contribution in [0, 0.1) is 0 Å². The maximum Gasteiger partial charge on any atom is 0.261 e. The first-order valence-corrected chi connectivity index (χ1v) is 13.6. The third-order valence-electron chi connectivity index (χ3n) is 7.11. The van der Waals surface area contributed by atoms with Gasteiger partial charge in [-0.2, -0.15) is 5.10 Å². The number of amides is 2. The largest absolute Gasteiger partial charge is 0.355 e. The van der Waals surface area contributed by atoms with Crippen molar-refractivity contribution in [1.29, 1.82) is 0 Å². The average molecular weight is 587 g/mol. The number of aromatic nitrogens is 3. The zero-order chi connectivity index (χ0) is 28.7. The molecule has 0 atom stereocenters. The molecule has 0 aliphatic carbocycles. The molecule has 2 aromatic heterocycles. The minimum Gasteiger partial charge on any atom is -0.355 e. The van der Waals surface area contributed by atoms with Gasteiger partial charge in [0.25, 0.3) is 17.4 Å². The molecule has 0 unspecified atom stereocenters. The van der Waals surface area contributed by atoms with E-state index >= 15 is 0 Å². The van der Waals surface area contributed by atoms with Crippen LogP contribution >= 0.6 is 23.2 Å². The molecule has 2 N–H and O–H groups in total. The molecule has 0 spiro atoms. The maximum atomic E-state index is 14.1. The maximum absolute atomic E-state index is 14.1. The smallest absolute Gasteiger partial charge is 0.261 e. The molecule has 1 aliphatic rings. The second kappa shape index (κ2) is 10.8. The van der Waals surface area contributed by atoms with E-state index in [1.807, 2.05) is 30.3 Å². The van der Waals surface area contributed by atoms with Crippen molar-refractivity contribution in [3.63, 3.8) is 0 Å². The Morgan fingerprint density at radius 1 is 0.927 bits per heavy atom. The summed E-state index contributed by atoms with van der Waals surface area (Å²) < 4.78 is 3.31. The van der Waals surface area contributed by atoms with Crippen LogP contribution in [0.4, 0.5) is 11.4 Å². The lowest BCUT2D eigenvalue weighted by Crippen LogP contribution is -2.41. The van der Waals surface area contributed by atoms with Gasteiger partial charge in [0.1, 0.15) is 5.69 Å². The van der Waals surface area contributed by atoms with E-state index in [1.165, 1.54) is 0 Å². The third-order valence-corrected chi connectivity index (χ3v) is 7.85. The highest BCUT2D eigenvalue weighted by Gasteiger charge is 2.29. The molecule has 0 fully saturated rings. The van der Waals surface area contributed by atoms with Crippen molar-refractivity contribution in [2.45, 2.75) is 13.0 Å². The van der Waals surface area contributed by atoms with Gasteiger partial charge < -0.3 is 15.5 Å². The standard InChI is InChI=1S/C30H24Cl2N6O3/c1-33-27(39)18-7-10-21(11-8-18)37-28-25(35-20-5-3-2-4-6-20)16-34-38(28)26-17-36(14-13-22(26)30(37)41)29(40)19-9-12-23(31)24(32)15-19/h2-12,15-16,35H,13-14,17H2,1H3,(H,33,39). The zero-order valence-electron chi connectivity index (χ0n) is 21.9. The fourth-order valence-electron chi connectivity index (χ4n) is 5.05. The Labute approximate surface area is 244 Å². The summed E-state index contributed by atoms with van der Waals surface area (Å²) in [5, 5.41) is 11.3. The summed E-state index contributed by atoms with van der Waals surface area (Å²) in [4.78, 5) is 41.3. The molecule has 5 aromatic rings. The molecule has 3 aromatic carbocycles. The van der Waals surface area contributed by atoms with Gasteiger partial charge in [-0.05, 0) is 61.0 Å². The van der Waals surface area contributed by atoms with E-state index in [4.69, 9.17) is 23.2 Å². The summed E-state index contributed by atoms with van der Waals surface area (Å²) in [6, 6.07) is 21.2.